The number of hydrogen-bond acceptors (Lipinski definition) is 5. The third-order valence-electron chi connectivity index (χ3n) is 3.84. The van der Waals surface area contributed by atoms with E-state index in [0.29, 0.717) is 11.6 Å². The molecule has 1 saturated heterocycles. The summed E-state index contributed by atoms with van der Waals surface area (Å²) >= 11 is 1.17. The average molecular weight is 333 g/mol. The van der Waals surface area contributed by atoms with Gasteiger partial charge in [-0.25, -0.2) is 4.98 Å². The molecule has 0 bridgehead atoms. The number of aryl methyl sites for hydroxylation is 1. The van der Waals surface area contributed by atoms with Gasteiger partial charge in [-0.1, -0.05) is 23.9 Å². The normalized spacial score (nSPS) is 17.5. The minimum absolute atomic E-state index is 0.109. The zero-order chi connectivity index (χ0) is 16.2. The van der Waals surface area contributed by atoms with Gasteiger partial charge >= 0.3 is 0 Å². The van der Waals surface area contributed by atoms with Crippen molar-refractivity contribution < 1.29 is 9.53 Å². The van der Waals surface area contributed by atoms with Crippen LogP contribution in [-0.4, -0.2) is 40.5 Å². The van der Waals surface area contributed by atoms with Gasteiger partial charge < -0.3 is 14.6 Å². The van der Waals surface area contributed by atoms with Crippen molar-refractivity contribution in [2.24, 2.45) is 7.05 Å². The molecule has 0 aliphatic carbocycles. The highest BCUT2D eigenvalue weighted by molar-refractivity contribution is 7.99. The molecular weight excluding hydrogens is 314 g/mol. The van der Waals surface area contributed by atoms with E-state index in [2.05, 4.69) is 10.3 Å². The molecule has 0 unspecified atom stereocenters. The lowest BCUT2D eigenvalue weighted by Gasteiger charge is -2.11. The molecule has 0 saturated carbocycles. The molecule has 23 heavy (non-hydrogen) atoms. The number of ether oxygens (including phenoxy) is 1. The first-order chi connectivity index (χ1) is 11.1. The van der Waals surface area contributed by atoms with E-state index < -0.39 is 0 Å². The number of amides is 1. The number of carbonyl (C=O) groups excluding carboxylic acids is 1. The van der Waals surface area contributed by atoms with Crippen LogP contribution in [-0.2, 0) is 16.6 Å². The van der Waals surface area contributed by atoms with E-state index >= 15 is 0 Å². The summed E-state index contributed by atoms with van der Waals surface area (Å²) in [7, 11) is 1.72. The Balaban J connectivity index is 1.63. The number of carbonyl (C=O) groups is 1. The summed E-state index contributed by atoms with van der Waals surface area (Å²) in [6, 6.07) is 7.46. The highest BCUT2D eigenvalue weighted by atomic mass is 32.2. The lowest BCUT2D eigenvalue weighted by Crippen LogP contribution is -2.33. The van der Waals surface area contributed by atoms with Crippen LogP contribution < -0.4 is 10.9 Å². The molecule has 6 nitrogen and oxygen atoms in total. The summed E-state index contributed by atoms with van der Waals surface area (Å²) in [5.74, 6) is 0.0651. The Hall–Kier alpha value is -1.86. The Kier molecular flexibility index (Phi) is 4.97. The molecule has 1 aliphatic rings. The molecule has 0 radical (unpaired) electrons. The molecule has 1 aromatic carbocycles. The molecule has 1 aromatic heterocycles. The van der Waals surface area contributed by atoms with Crippen LogP contribution in [0.4, 0.5) is 0 Å². The highest BCUT2D eigenvalue weighted by Crippen LogP contribution is 2.16. The van der Waals surface area contributed by atoms with Gasteiger partial charge in [0.05, 0.1) is 22.9 Å². The molecule has 2 aromatic rings. The van der Waals surface area contributed by atoms with Crippen molar-refractivity contribution in [2.75, 3.05) is 18.9 Å². The maximum atomic E-state index is 12.3. The number of fused-ring (bicyclic) bond motifs is 1. The number of aromatic nitrogens is 2. The van der Waals surface area contributed by atoms with Crippen molar-refractivity contribution in [2.45, 2.75) is 24.0 Å². The maximum Gasteiger partial charge on any atom is 0.283 e. The van der Waals surface area contributed by atoms with Gasteiger partial charge in [0.15, 0.2) is 5.03 Å². The summed E-state index contributed by atoms with van der Waals surface area (Å²) in [6.07, 6.45) is 2.16. The highest BCUT2D eigenvalue weighted by Gasteiger charge is 2.17. The van der Waals surface area contributed by atoms with Crippen LogP contribution in [0, 0.1) is 0 Å². The fraction of sp³-hybridized carbons (Fsp3) is 0.438. The zero-order valence-corrected chi connectivity index (χ0v) is 13.8. The van der Waals surface area contributed by atoms with Gasteiger partial charge in [-0.2, -0.15) is 0 Å². The first kappa shape index (κ1) is 16.0. The largest absolute Gasteiger partial charge is 0.376 e. The molecule has 122 valence electrons. The second-order valence-corrected chi connectivity index (χ2v) is 6.46. The van der Waals surface area contributed by atoms with Crippen LogP contribution >= 0.6 is 11.8 Å². The van der Waals surface area contributed by atoms with Crippen LogP contribution in [0.1, 0.15) is 12.8 Å². The number of nitrogens with one attached hydrogen (secondary N) is 1. The average Bonchev–Trinajstić information content (AvgIpc) is 3.08. The summed E-state index contributed by atoms with van der Waals surface area (Å²) in [4.78, 5) is 28.6. The Morgan fingerprint density at radius 2 is 2.30 bits per heavy atom. The summed E-state index contributed by atoms with van der Waals surface area (Å²) in [6.45, 7) is 1.30. The molecule has 1 atom stereocenters. The van der Waals surface area contributed by atoms with Crippen molar-refractivity contribution in [3.63, 3.8) is 0 Å². The number of rotatable bonds is 5. The first-order valence-corrected chi connectivity index (χ1v) is 8.60. The van der Waals surface area contributed by atoms with Gasteiger partial charge in [-0.3, -0.25) is 9.59 Å². The Labute approximate surface area is 138 Å². The van der Waals surface area contributed by atoms with Crippen molar-refractivity contribution in [1.82, 2.24) is 14.9 Å². The molecule has 7 heteroatoms. The van der Waals surface area contributed by atoms with Gasteiger partial charge in [0.2, 0.25) is 5.91 Å². The van der Waals surface area contributed by atoms with Crippen LogP contribution in [0.2, 0.25) is 0 Å². The van der Waals surface area contributed by atoms with Gasteiger partial charge in [0.1, 0.15) is 0 Å². The first-order valence-electron chi connectivity index (χ1n) is 7.62. The number of para-hydroxylation sites is 2. The summed E-state index contributed by atoms with van der Waals surface area (Å²) in [5, 5.41) is 3.19. The van der Waals surface area contributed by atoms with E-state index in [-0.39, 0.29) is 23.3 Å². The molecule has 3 rings (SSSR count). The SMILES string of the molecule is Cn1c(=O)c(SCC(=O)NC[C@@H]2CCCO2)nc2ccccc21. The number of nitrogens with zero attached hydrogens (tertiary/aromatic N) is 2. The summed E-state index contributed by atoms with van der Waals surface area (Å²) < 4.78 is 7.03. The third kappa shape index (κ3) is 3.73. The number of thioether (sulfide) groups is 1. The number of benzene rings is 1. The fourth-order valence-corrected chi connectivity index (χ4v) is 3.36. The molecule has 1 aliphatic heterocycles. The van der Waals surface area contributed by atoms with Crippen molar-refractivity contribution in [1.29, 1.82) is 0 Å². The Bertz CT molecular complexity index is 769. The van der Waals surface area contributed by atoms with Crippen LogP contribution in [0.3, 0.4) is 0 Å². The van der Waals surface area contributed by atoms with E-state index in [1.54, 1.807) is 11.6 Å². The van der Waals surface area contributed by atoms with Crippen LogP contribution in [0.15, 0.2) is 34.1 Å². The smallest absolute Gasteiger partial charge is 0.283 e. The lowest BCUT2D eigenvalue weighted by molar-refractivity contribution is -0.119. The standard InChI is InChI=1S/C16H19N3O3S/c1-19-13-7-3-2-6-12(13)18-15(16(19)21)23-10-14(20)17-9-11-5-4-8-22-11/h2-3,6-7,11H,4-5,8-10H2,1H3,(H,17,20)/t11-/m0/s1. The maximum absolute atomic E-state index is 12.3. The minimum Gasteiger partial charge on any atom is -0.376 e. The van der Waals surface area contributed by atoms with Gasteiger partial charge in [0.25, 0.3) is 5.56 Å². The van der Waals surface area contributed by atoms with Crippen LogP contribution in [0.5, 0.6) is 0 Å². The van der Waals surface area contributed by atoms with Gasteiger partial charge in [-0.05, 0) is 25.0 Å². The summed E-state index contributed by atoms with van der Waals surface area (Å²) in [5.41, 5.74) is 1.35. The topological polar surface area (TPSA) is 73.2 Å². The van der Waals surface area contributed by atoms with E-state index in [4.69, 9.17) is 4.74 Å². The van der Waals surface area contributed by atoms with Crippen molar-refractivity contribution >= 4 is 28.7 Å². The molecular formula is C16H19N3O3S. The second kappa shape index (κ2) is 7.14. The fourth-order valence-electron chi connectivity index (χ4n) is 2.56. The van der Waals surface area contributed by atoms with E-state index in [1.165, 1.54) is 11.8 Å². The minimum atomic E-state index is -0.180. The molecule has 1 amide bonds. The third-order valence-corrected chi connectivity index (χ3v) is 4.79. The van der Waals surface area contributed by atoms with Gasteiger partial charge in [0, 0.05) is 20.2 Å². The van der Waals surface area contributed by atoms with Crippen molar-refractivity contribution in [3.8, 4) is 0 Å². The predicted molar refractivity (Wildman–Crippen MR) is 89.7 cm³/mol. The molecule has 1 fully saturated rings. The zero-order valence-electron chi connectivity index (χ0n) is 12.9. The van der Waals surface area contributed by atoms with E-state index in [9.17, 15) is 9.59 Å². The van der Waals surface area contributed by atoms with Crippen molar-refractivity contribution in [3.05, 3.63) is 34.6 Å². The van der Waals surface area contributed by atoms with Gasteiger partial charge in [-0.15, -0.1) is 0 Å². The lowest BCUT2D eigenvalue weighted by atomic mass is 10.2. The number of hydrogen-bond donors (Lipinski definition) is 1. The van der Waals surface area contributed by atoms with E-state index in [0.717, 1.165) is 30.5 Å². The quantitative estimate of drug-likeness (QED) is 0.836. The predicted octanol–water partition coefficient (Wildman–Crippen LogP) is 1.32. The monoisotopic (exact) mass is 333 g/mol. The molecule has 0 spiro atoms. The molecule has 2 heterocycles. The van der Waals surface area contributed by atoms with E-state index in [1.807, 2.05) is 24.3 Å². The van der Waals surface area contributed by atoms with Crippen LogP contribution in [0.25, 0.3) is 11.0 Å². The Morgan fingerprint density at radius 3 is 3.09 bits per heavy atom. The second-order valence-electron chi connectivity index (χ2n) is 5.50. The Morgan fingerprint density at radius 1 is 1.48 bits per heavy atom. The molecule has 1 N–H and O–H groups in total.